The SMILES string of the molecule is Cc1nccnc1NCC1(C)CCCCC1. The van der Waals surface area contributed by atoms with Crippen LogP contribution in [0, 0.1) is 12.3 Å². The Kier molecular flexibility index (Phi) is 3.42. The average Bonchev–Trinajstić information content (AvgIpc) is 2.29. The zero-order valence-electron chi connectivity index (χ0n) is 10.3. The van der Waals surface area contributed by atoms with Crippen molar-refractivity contribution < 1.29 is 0 Å². The van der Waals surface area contributed by atoms with E-state index in [4.69, 9.17) is 0 Å². The van der Waals surface area contributed by atoms with E-state index in [9.17, 15) is 0 Å². The molecule has 1 fully saturated rings. The zero-order valence-corrected chi connectivity index (χ0v) is 10.3. The Morgan fingerprint density at radius 2 is 1.88 bits per heavy atom. The summed E-state index contributed by atoms with van der Waals surface area (Å²) in [6.45, 7) is 5.40. The summed E-state index contributed by atoms with van der Waals surface area (Å²) in [5.41, 5.74) is 1.43. The number of anilines is 1. The summed E-state index contributed by atoms with van der Waals surface area (Å²) in [4.78, 5) is 8.56. The van der Waals surface area contributed by atoms with Crippen molar-refractivity contribution in [3.05, 3.63) is 18.1 Å². The molecular formula is C13H21N3. The van der Waals surface area contributed by atoms with Crippen LogP contribution in [-0.4, -0.2) is 16.5 Å². The Balaban J connectivity index is 1.94. The highest BCUT2D eigenvalue weighted by Gasteiger charge is 2.26. The van der Waals surface area contributed by atoms with E-state index in [2.05, 4.69) is 22.2 Å². The molecule has 0 spiro atoms. The molecule has 1 aromatic heterocycles. The Morgan fingerprint density at radius 3 is 2.56 bits per heavy atom. The molecule has 0 radical (unpaired) electrons. The summed E-state index contributed by atoms with van der Waals surface area (Å²) in [5.74, 6) is 0.939. The van der Waals surface area contributed by atoms with Gasteiger partial charge in [0, 0.05) is 18.9 Å². The fourth-order valence-electron chi connectivity index (χ4n) is 2.46. The summed E-state index contributed by atoms with van der Waals surface area (Å²) in [6.07, 6.45) is 10.3. The smallest absolute Gasteiger partial charge is 0.147 e. The maximum absolute atomic E-state index is 4.32. The number of aromatic nitrogens is 2. The van der Waals surface area contributed by atoms with E-state index in [1.54, 1.807) is 12.4 Å². The van der Waals surface area contributed by atoms with Gasteiger partial charge in [0.2, 0.25) is 0 Å². The number of hydrogen-bond acceptors (Lipinski definition) is 3. The molecule has 16 heavy (non-hydrogen) atoms. The number of rotatable bonds is 3. The van der Waals surface area contributed by atoms with Crippen LogP contribution in [0.5, 0.6) is 0 Å². The largest absolute Gasteiger partial charge is 0.368 e. The molecule has 0 aromatic carbocycles. The molecule has 3 nitrogen and oxygen atoms in total. The van der Waals surface area contributed by atoms with Crippen molar-refractivity contribution in [2.75, 3.05) is 11.9 Å². The topological polar surface area (TPSA) is 37.8 Å². The van der Waals surface area contributed by atoms with Gasteiger partial charge >= 0.3 is 0 Å². The molecule has 0 bridgehead atoms. The van der Waals surface area contributed by atoms with Crippen molar-refractivity contribution in [2.45, 2.75) is 46.0 Å². The van der Waals surface area contributed by atoms with Gasteiger partial charge in [-0.3, -0.25) is 4.98 Å². The molecule has 88 valence electrons. The second kappa shape index (κ2) is 4.81. The Hall–Kier alpha value is -1.12. The summed E-state index contributed by atoms with van der Waals surface area (Å²) >= 11 is 0. The first kappa shape index (κ1) is 11.4. The van der Waals surface area contributed by atoms with E-state index in [1.165, 1.54) is 32.1 Å². The third-order valence-electron chi connectivity index (χ3n) is 3.62. The van der Waals surface area contributed by atoms with Crippen LogP contribution in [0.4, 0.5) is 5.82 Å². The van der Waals surface area contributed by atoms with Gasteiger partial charge < -0.3 is 5.32 Å². The Bertz CT molecular complexity index is 343. The number of hydrogen-bond donors (Lipinski definition) is 1. The lowest BCUT2D eigenvalue weighted by Gasteiger charge is -2.33. The first-order valence-electron chi connectivity index (χ1n) is 6.21. The molecule has 1 saturated carbocycles. The van der Waals surface area contributed by atoms with Crippen LogP contribution in [0.3, 0.4) is 0 Å². The molecule has 1 N–H and O–H groups in total. The molecule has 3 heteroatoms. The predicted octanol–water partition coefficient (Wildman–Crippen LogP) is 3.17. The monoisotopic (exact) mass is 219 g/mol. The maximum Gasteiger partial charge on any atom is 0.147 e. The quantitative estimate of drug-likeness (QED) is 0.848. The number of aryl methyl sites for hydroxylation is 1. The second-order valence-corrected chi connectivity index (χ2v) is 5.22. The van der Waals surface area contributed by atoms with E-state index < -0.39 is 0 Å². The summed E-state index contributed by atoms with van der Waals surface area (Å²) < 4.78 is 0. The van der Waals surface area contributed by atoms with Crippen LogP contribution in [0.1, 0.15) is 44.7 Å². The molecule has 2 rings (SSSR count). The lowest BCUT2D eigenvalue weighted by molar-refractivity contribution is 0.233. The number of nitrogens with one attached hydrogen (secondary N) is 1. The van der Waals surface area contributed by atoms with Crippen molar-refractivity contribution in [1.82, 2.24) is 9.97 Å². The van der Waals surface area contributed by atoms with Gasteiger partial charge in [-0.15, -0.1) is 0 Å². The van der Waals surface area contributed by atoms with Gasteiger partial charge in [0.25, 0.3) is 0 Å². The molecule has 1 aromatic rings. The fourth-order valence-corrected chi connectivity index (χ4v) is 2.46. The Labute approximate surface area is 97.7 Å². The van der Waals surface area contributed by atoms with Gasteiger partial charge in [0.15, 0.2) is 0 Å². The highest BCUT2D eigenvalue weighted by atomic mass is 15.0. The van der Waals surface area contributed by atoms with Crippen molar-refractivity contribution in [3.63, 3.8) is 0 Å². The Morgan fingerprint density at radius 1 is 1.19 bits per heavy atom. The minimum Gasteiger partial charge on any atom is -0.368 e. The molecular weight excluding hydrogens is 198 g/mol. The van der Waals surface area contributed by atoms with Crippen LogP contribution >= 0.6 is 0 Å². The lowest BCUT2D eigenvalue weighted by Crippen LogP contribution is -2.29. The highest BCUT2D eigenvalue weighted by Crippen LogP contribution is 2.35. The van der Waals surface area contributed by atoms with Gasteiger partial charge in [-0.05, 0) is 25.2 Å². The zero-order chi connectivity index (χ0) is 11.4. The van der Waals surface area contributed by atoms with Crippen LogP contribution in [0.25, 0.3) is 0 Å². The molecule has 0 amide bonds. The summed E-state index contributed by atoms with van der Waals surface area (Å²) in [7, 11) is 0. The summed E-state index contributed by atoms with van der Waals surface area (Å²) in [5, 5.41) is 3.45. The van der Waals surface area contributed by atoms with Crippen LogP contribution in [0.2, 0.25) is 0 Å². The van der Waals surface area contributed by atoms with Gasteiger partial charge in [0.1, 0.15) is 5.82 Å². The van der Waals surface area contributed by atoms with E-state index in [-0.39, 0.29) is 0 Å². The molecule has 0 atom stereocenters. The molecule has 1 heterocycles. The first-order chi connectivity index (χ1) is 7.70. The van der Waals surface area contributed by atoms with E-state index in [0.29, 0.717) is 5.41 Å². The molecule has 0 aliphatic heterocycles. The van der Waals surface area contributed by atoms with Gasteiger partial charge in [0.05, 0.1) is 5.69 Å². The molecule has 0 unspecified atom stereocenters. The van der Waals surface area contributed by atoms with E-state index in [0.717, 1.165) is 18.1 Å². The molecule has 0 saturated heterocycles. The fraction of sp³-hybridized carbons (Fsp3) is 0.692. The second-order valence-electron chi connectivity index (χ2n) is 5.22. The summed E-state index contributed by atoms with van der Waals surface area (Å²) in [6, 6.07) is 0. The maximum atomic E-state index is 4.32. The average molecular weight is 219 g/mol. The van der Waals surface area contributed by atoms with Gasteiger partial charge in [-0.25, -0.2) is 4.98 Å². The number of nitrogens with zero attached hydrogens (tertiary/aromatic N) is 2. The van der Waals surface area contributed by atoms with Crippen molar-refractivity contribution in [2.24, 2.45) is 5.41 Å². The van der Waals surface area contributed by atoms with Crippen molar-refractivity contribution in [3.8, 4) is 0 Å². The van der Waals surface area contributed by atoms with E-state index >= 15 is 0 Å². The van der Waals surface area contributed by atoms with Crippen LogP contribution in [0.15, 0.2) is 12.4 Å². The van der Waals surface area contributed by atoms with Crippen LogP contribution in [-0.2, 0) is 0 Å². The van der Waals surface area contributed by atoms with Crippen molar-refractivity contribution in [1.29, 1.82) is 0 Å². The lowest BCUT2D eigenvalue weighted by atomic mass is 9.76. The third kappa shape index (κ3) is 2.71. The minimum atomic E-state index is 0.447. The van der Waals surface area contributed by atoms with E-state index in [1.807, 2.05) is 6.92 Å². The minimum absolute atomic E-state index is 0.447. The molecule has 1 aliphatic rings. The third-order valence-corrected chi connectivity index (χ3v) is 3.62. The van der Waals surface area contributed by atoms with Crippen molar-refractivity contribution >= 4 is 5.82 Å². The standard InChI is InChI=1S/C13H21N3/c1-11-12(15-9-8-14-11)16-10-13(2)6-4-3-5-7-13/h8-9H,3-7,10H2,1-2H3,(H,15,16). The highest BCUT2D eigenvalue weighted by molar-refractivity contribution is 5.38. The first-order valence-corrected chi connectivity index (χ1v) is 6.21. The van der Waals surface area contributed by atoms with Gasteiger partial charge in [-0.2, -0.15) is 0 Å². The predicted molar refractivity (Wildman–Crippen MR) is 66.5 cm³/mol. The van der Waals surface area contributed by atoms with Gasteiger partial charge in [-0.1, -0.05) is 26.2 Å². The normalized spacial score (nSPS) is 19.4. The molecule has 1 aliphatic carbocycles. The van der Waals surface area contributed by atoms with Crippen LogP contribution < -0.4 is 5.32 Å².